The smallest absolute Gasteiger partial charge is 0.223 e. The van der Waals surface area contributed by atoms with Gasteiger partial charge in [-0.1, -0.05) is 0 Å². The summed E-state index contributed by atoms with van der Waals surface area (Å²) in [5.41, 5.74) is 10.5. The van der Waals surface area contributed by atoms with E-state index in [2.05, 4.69) is 30.8 Å². The first kappa shape index (κ1) is 19.4. The van der Waals surface area contributed by atoms with Gasteiger partial charge in [0.25, 0.3) is 0 Å². The lowest BCUT2D eigenvalue weighted by atomic mass is 9.92. The Morgan fingerprint density at radius 1 is 1.06 bits per heavy atom. The minimum atomic E-state index is 0.315. The summed E-state index contributed by atoms with van der Waals surface area (Å²) < 4.78 is 2.03. The molecule has 1 fully saturated rings. The summed E-state index contributed by atoms with van der Waals surface area (Å²) in [5, 5.41) is 14.8. The molecule has 0 aromatic carbocycles. The molecule has 0 amide bonds. The SMILES string of the molecule is Cc1cnc(NC2CCC(N)CC2)nc1-c1cnc2ccc(Nc3cccnn3)cn12. The zero-order chi connectivity index (χ0) is 21.2. The summed E-state index contributed by atoms with van der Waals surface area (Å²) in [7, 11) is 0. The van der Waals surface area contributed by atoms with Gasteiger partial charge in [-0.05, 0) is 62.4 Å². The standard InChI is InChI=1S/C22H25N9/c1-14-11-25-22(28-16-6-4-15(23)5-7-16)29-21(14)18-12-24-20-9-8-17(13-31(18)20)27-19-3-2-10-26-30-19/h2-3,8-13,15-16H,4-7,23H2,1H3,(H,27,30)(H,25,28,29). The summed E-state index contributed by atoms with van der Waals surface area (Å²) in [5.74, 6) is 1.32. The van der Waals surface area contributed by atoms with Gasteiger partial charge in [0.05, 0.1) is 23.3 Å². The number of nitrogens with one attached hydrogen (secondary N) is 2. The zero-order valence-corrected chi connectivity index (χ0v) is 17.4. The number of nitrogens with zero attached hydrogens (tertiary/aromatic N) is 6. The van der Waals surface area contributed by atoms with Crippen LogP contribution in [0.2, 0.25) is 0 Å². The topological polar surface area (TPSA) is 119 Å². The van der Waals surface area contributed by atoms with Gasteiger partial charge in [-0.15, -0.1) is 5.10 Å². The van der Waals surface area contributed by atoms with Gasteiger partial charge in [-0.25, -0.2) is 15.0 Å². The molecule has 9 nitrogen and oxygen atoms in total. The van der Waals surface area contributed by atoms with Crippen molar-refractivity contribution in [3.05, 3.63) is 54.6 Å². The molecule has 5 rings (SSSR count). The number of anilines is 3. The van der Waals surface area contributed by atoms with Crippen LogP contribution in [-0.2, 0) is 0 Å². The molecule has 9 heteroatoms. The van der Waals surface area contributed by atoms with Gasteiger partial charge < -0.3 is 16.4 Å². The molecule has 0 aliphatic heterocycles. The van der Waals surface area contributed by atoms with E-state index < -0.39 is 0 Å². The third-order valence-corrected chi connectivity index (χ3v) is 5.67. The predicted molar refractivity (Wildman–Crippen MR) is 120 cm³/mol. The third-order valence-electron chi connectivity index (χ3n) is 5.67. The van der Waals surface area contributed by atoms with E-state index in [0.29, 0.717) is 23.8 Å². The Balaban J connectivity index is 1.45. The number of hydrogen-bond donors (Lipinski definition) is 3. The molecule has 4 aromatic heterocycles. The van der Waals surface area contributed by atoms with Crippen LogP contribution in [-0.4, -0.2) is 41.6 Å². The van der Waals surface area contributed by atoms with Crippen molar-refractivity contribution in [1.29, 1.82) is 0 Å². The van der Waals surface area contributed by atoms with Crippen LogP contribution in [0.15, 0.2) is 49.1 Å². The average molecular weight is 416 g/mol. The van der Waals surface area contributed by atoms with Crippen molar-refractivity contribution in [3.8, 4) is 11.4 Å². The minimum absolute atomic E-state index is 0.315. The number of nitrogens with two attached hydrogens (primary N) is 1. The van der Waals surface area contributed by atoms with Gasteiger partial charge in [0.2, 0.25) is 5.95 Å². The number of fused-ring (bicyclic) bond motifs is 1. The van der Waals surface area contributed by atoms with Crippen molar-refractivity contribution in [1.82, 2.24) is 29.5 Å². The molecular weight excluding hydrogens is 390 g/mol. The molecular formula is C22H25N9. The number of imidazole rings is 1. The second-order valence-electron chi connectivity index (χ2n) is 8.00. The van der Waals surface area contributed by atoms with Crippen LogP contribution < -0.4 is 16.4 Å². The van der Waals surface area contributed by atoms with Crippen molar-refractivity contribution in [2.75, 3.05) is 10.6 Å². The molecule has 0 unspecified atom stereocenters. The molecule has 0 atom stereocenters. The van der Waals surface area contributed by atoms with Gasteiger partial charge in [0.15, 0.2) is 5.82 Å². The molecule has 158 valence electrons. The fourth-order valence-corrected chi connectivity index (χ4v) is 3.96. The Morgan fingerprint density at radius 3 is 2.74 bits per heavy atom. The maximum atomic E-state index is 6.03. The van der Waals surface area contributed by atoms with Crippen LogP contribution >= 0.6 is 0 Å². The lowest BCUT2D eigenvalue weighted by molar-refractivity contribution is 0.410. The Labute approximate surface area is 180 Å². The van der Waals surface area contributed by atoms with E-state index in [4.69, 9.17) is 10.7 Å². The van der Waals surface area contributed by atoms with Crippen LogP contribution in [0.3, 0.4) is 0 Å². The summed E-state index contributed by atoms with van der Waals surface area (Å²) >= 11 is 0. The van der Waals surface area contributed by atoms with E-state index in [9.17, 15) is 0 Å². The minimum Gasteiger partial charge on any atom is -0.351 e. The zero-order valence-electron chi connectivity index (χ0n) is 17.4. The number of pyridine rings is 1. The first-order chi connectivity index (χ1) is 15.2. The molecule has 0 radical (unpaired) electrons. The Hall–Kier alpha value is -3.59. The molecule has 0 bridgehead atoms. The van der Waals surface area contributed by atoms with E-state index in [0.717, 1.165) is 54.0 Å². The van der Waals surface area contributed by atoms with Crippen LogP contribution in [0.25, 0.3) is 17.0 Å². The van der Waals surface area contributed by atoms with Gasteiger partial charge in [-0.3, -0.25) is 4.40 Å². The molecule has 31 heavy (non-hydrogen) atoms. The normalized spacial score (nSPS) is 18.8. The number of rotatable bonds is 5. The predicted octanol–water partition coefficient (Wildman–Crippen LogP) is 3.32. The highest BCUT2D eigenvalue weighted by atomic mass is 15.2. The maximum absolute atomic E-state index is 6.03. The summed E-state index contributed by atoms with van der Waals surface area (Å²) in [6.45, 7) is 2.01. The summed E-state index contributed by atoms with van der Waals surface area (Å²) in [4.78, 5) is 13.9. The first-order valence-electron chi connectivity index (χ1n) is 10.5. The van der Waals surface area contributed by atoms with Crippen molar-refractivity contribution in [2.24, 2.45) is 5.73 Å². The van der Waals surface area contributed by atoms with Gasteiger partial charge in [0, 0.05) is 30.7 Å². The van der Waals surface area contributed by atoms with E-state index in [1.807, 2.05) is 54.2 Å². The highest BCUT2D eigenvalue weighted by molar-refractivity contribution is 5.67. The van der Waals surface area contributed by atoms with E-state index in [1.165, 1.54) is 0 Å². The first-order valence-corrected chi connectivity index (χ1v) is 10.5. The van der Waals surface area contributed by atoms with Gasteiger partial charge >= 0.3 is 0 Å². The van der Waals surface area contributed by atoms with Gasteiger partial charge in [0.1, 0.15) is 5.65 Å². The molecule has 4 N–H and O–H groups in total. The molecule has 1 aliphatic carbocycles. The van der Waals surface area contributed by atoms with Crippen molar-refractivity contribution >= 4 is 23.1 Å². The van der Waals surface area contributed by atoms with Crippen LogP contribution in [0.5, 0.6) is 0 Å². The molecule has 1 aliphatic rings. The maximum Gasteiger partial charge on any atom is 0.223 e. The highest BCUT2D eigenvalue weighted by Crippen LogP contribution is 2.26. The Kier molecular flexibility index (Phi) is 5.17. The highest BCUT2D eigenvalue weighted by Gasteiger charge is 2.20. The van der Waals surface area contributed by atoms with Crippen LogP contribution in [0, 0.1) is 6.92 Å². The molecule has 0 spiro atoms. The second kappa shape index (κ2) is 8.27. The van der Waals surface area contributed by atoms with E-state index >= 15 is 0 Å². The van der Waals surface area contributed by atoms with Crippen molar-refractivity contribution in [2.45, 2.75) is 44.7 Å². The third kappa shape index (κ3) is 4.17. The Bertz CT molecular complexity index is 1180. The van der Waals surface area contributed by atoms with Gasteiger partial charge in [-0.2, -0.15) is 5.10 Å². The summed E-state index contributed by atoms with van der Waals surface area (Å²) in [6, 6.07) is 8.32. The monoisotopic (exact) mass is 415 g/mol. The number of aryl methyl sites for hydroxylation is 1. The van der Waals surface area contributed by atoms with Crippen LogP contribution in [0.4, 0.5) is 17.5 Å². The van der Waals surface area contributed by atoms with E-state index in [-0.39, 0.29) is 0 Å². The summed E-state index contributed by atoms with van der Waals surface area (Å²) in [6.07, 6.45) is 11.5. The quantitative estimate of drug-likeness (QED) is 0.454. The van der Waals surface area contributed by atoms with Crippen molar-refractivity contribution < 1.29 is 0 Å². The molecule has 1 saturated carbocycles. The second-order valence-corrected chi connectivity index (χ2v) is 8.00. The lowest BCUT2D eigenvalue weighted by Gasteiger charge is -2.26. The van der Waals surface area contributed by atoms with Crippen LogP contribution in [0.1, 0.15) is 31.2 Å². The molecule has 4 aromatic rings. The average Bonchev–Trinajstić information content (AvgIpc) is 3.20. The van der Waals surface area contributed by atoms with Crippen molar-refractivity contribution in [3.63, 3.8) is 0 Å². The number of aromatic nitrogens is 6. The molecule has 4 heterocycles. The number of hydrogen-bond acceptors (Lipinski definition) is 8. The van der Waals surface area contributed by atoms with E-state index in [1.54, 1.807) is 6.20 Å². The Morgan fingerprint density at radius 2 is 1.94 bits per heavy atom. The largest absolute Gasteiger partial charge is 0.351 e. The fraction of sp³-hybridized carbons (Fsp3) is 0.318. The molecule has 0 saturated heterocycles. The lowest BCUT2D eigenvalue weighted by Crippen LogP contribution is -2.33. The fourth-order valence-electron chi connectivity index (χ4n) is 3.96.